The van der Waals surface area contributed by atoms with Gasteiger partial charge in [-0.15, -0.1) is 0 Å². The minimum atomic E-state index is -4.20. The lowest BCUT2D eigenvalue weighted by Crippen LogP contribution is -2.55. The molecule has 1 aromatic carbocycles. The Labute approximate surface area is 165 Å². The van der Waals surface area contributed by atoms with Gasteiger partial charge in [-0.1, -0.05) is 29.8 Å². The third-order valence-corrected chi connectivity index (χ3v) is 9.58. The van der Waals surface area contributed by atoms with Gasteiger partial charge in [-0.05, 0) is 6.07 Å². The van der Waals surface area contributed by atoms with Gasteiger partial charge in [0.15, 0.2) is 0 Å². The molecular weight excluding hydrogens is 425 g/mol. The molecule has 1 aromatic rings. The van der Waals surface area contributed by atoms with Crippen molar-refractivity contribution >= 4 is 34.4 Å². The van der Waals surface area contributed by atoms with Crippen molar-refractivity contribution in [3.05, 3.63) is 29.3 Å². The van der Waals surface area contributed by atoms with Gasteiger partial charge in [0.05, 0.1) is 0 Å². The molecule has 158 valence electrons. The van der Waals surface area contributed by atoms with E-state index >= 15 is 0 Å². The number of hydrogen-bond donors (Lipinski definition) is 0. The Hall–Kier alpha value is -0.506. The second-order valence-corrected chi connectivity index (χ2v) is 11.4. The predicted octanol–water partition coefficient (Wildman–Crippen LogP) is 3.24. The van der Waals surface area contributed by atoms with Gasteiger partial charge in [-0.3, -0.25) is 0 Å². The number of hydrogen-bond acceptors (Lipinski definition) is 6. The molecule has 6 nitrogen and oxygen atoms in total. The van der Waals surface area contributed by atoms with Crippen molar-refractivity contribution in [2.75, 3.05) is 42.7 Å². The molecule has 0 saturated carbocycles. The molecular formula is C15H26ClF3O6Si2. The average Bonchev–Trinajstić information content (AvgIpc) is 2.66. The van der Waals surface area contributed by atoms with Gasteiger partial charge >= 0.3 is 23.8 Å². The fourth-order valence-electron chi connectivity index (χ4n) is 2.14. The van der Waals surface area contributed by atoms with E-state index in [-0.39, 0.29) is 6.04 Å². The first-order valence-electron chi connectivity index (χ1n) is 7.71. The Morgan fingerprint density at radius 1 is 0.815 bits per heavy atom. The molecule has 0 atom stereocenters. The second-order valence-electron chi connectivity index (χ2n) is 5.06. The highest BCUT2D eigenvalue weighted by Crippen LogP contribution is 2.26. The molecule has 0 fully saturated rings. The highest BCUT2D eigenvalue weighted by Gasteiger charge is 2.43. The van der Waals surface area contributed by atoms with Gasteiger partial charge in [-0.2, -0.15) is 13.2 Å². The average molecular weight is 451 g/mol. The van der Waals surface area contributed by atoms with Crippen LogP contribution in [-0.2, 0) is 26.6 Å². The van der Waals surface area contributed by atoms with E-state index in [2.05, 4.69) is 0 Å². The summed E-state index contributed by atoms with van der Waals surface area (Å²) < 4.78 is 66.0. The smallest absolute Gasteiger partial charge is 0.377 e. The van der Waals surface area contributed by atoms with Gasteiger partial charge < -0.3 is 26.6 Å². The van der Waals surface area contributed by atoms with Crippen molar-refractivity contribution in [1.82, 2.24) is 0 Å². The highest BCUT2D eigenvalue weighted by molar-refractivity contribution is 6.77. The van der Waals surface area contributed by atoms with Crippen LogP contribution in [-0.4, -0.2) is 66.4 Å². The van der Waals surface area contributed by atoms with E-state index in [4.69, 9.17) is 38.2 Å². The van der Waals surface area contributed by atoms with Crippen molar-refractivity contribution in [3.8, 4) is 0 Å². The lowest BCUT2D eigenvalue weighted by molar-refractivity contribution is -0.132. The monoisotopic (exact) mass is 450 g/mol. The van der Waals surface area contributed by atoms with Crippen molar-refractivity contribution in [2.24, 2.45) is 0 Å². The van der Waals surface area contributed by atoms with E-state index in [9.17, 15) is 13.2 Å². The van der Waals surface area contributed by atoms with Crippen LogP contribution in [0, 0.1) is 0 Å². The Balaban J connectivity index is 0.000000503. The lowest BCUT2D eigenvalue weighted by Gasteiger charge is -2.25. The van der Waals surface area contributed by atoms with Crippen molar-refractivity contribution < 1.29 is 39.7 Å². The topological polar surface area (TPSA) is 55.4 Å². The minimum absolute atomic E-state index is 0.250. The van der Waals surface area contributed by atoms with E-state index < -0.39 is 30.2 Å². The van der Waals surface area contributed by atoms with Crippen LogP contribution in [0.5, 0.6) is 0 Å². The number of alkyl halides is 3. The van der Waals surface area contributed by atoms with Gasteiger partial charge in [0.1, 0.15) is 0 Å². The maximum atomic E-state index is 11.9. The molecule has 0 heterocycles. The second kappa shape index (κ2) is 12.1. The van der Waals surface area contributed by atoms with E-state index in [0.29, 0.717) is 5.02 Å². The molecule has 0 bridgehead atoms. The molecule has 0 N–H and O–H groups in total. The summed E-state index contributed by atoms with van der Waals surface area (Å²) in [6.45, 7) is 0. The zero-order chi connectivity index (χ0) is 21.1. The van der Waals surface area contributed by atoms with E-state index in [0.717, 1.165) is 5.19 Å². The first-order chi connectivity index (χ1) is 12.6. The summed E-state index contributed by atoms with van der Waals surface area (Å²) >= 11 is 6.04. The Bertz CT molecular complexity index is 526. The standard InChI is InChI=1S/C9H13ClO3Si.C6H13F3O3Si/c1-11-14(12-2,13-3)9-7-5-4-6-8(9)10;1-10-13(11-2,12-3)5-4-6(7,8)9/h4-7H,1-3H3;4-5H2,1-3H3. The fourth-order valence-corrected chi connectivity index (χ4v) is 6.16. The van der Waals surface area contributed by atoms with Crippen LogP contribution in [0.25, 0.3) is 0 Å². The zero-order valence-electron chi connectivity index (χ0n) is 16.2. The van der Waals surface area contributed by atoms with Crippen LogP contribution < -0.4 is 5.19 Å². The Morgan fingerprint density at radius 3 is 1.59 bits per heavy atom. The maximum Gasteiger partial charge on any atom is 0.537 e. The van der Waals surface area contributed by atoms with E-state index in [1.807, 2.05) is 18.2 Å². The molecule has 0 spiro atoms. The van der Waals surface area contributed by atoms with Crippen molar-refractivity contribution in [3.63, 3.8) is 0 Å². The van der Waals surface area contributed by atoms with E-state index in [1.165, 1.54) is 21.3 Å². The number of halogens is 4. The normalized spacial score (nSPS) is 12.5. The molecule has 0 aliphatic heterocycles. The first-order valence-corrected chi connectivity index (χ1v) is 11.7. The van der Waals surface area contributed by atoms with Crippen LogP contribution >= 0.6 is 11.6 Å². The summed E-state index contributed by atoms with van der Waals surface area (Å²) in [4.78, 5) is 0. The van der Waals surface area contributed by atoms with Crippen LogP contribution in [0.4, 0.5) is 13.2 Å². The summed E-state index contributed by atoms with van der Waals surface area (Å²) in [7, 11) is 2.72. The van der Waals surface area contributed by atoms with Crippen LogP contribution in [0.3, 0.4) is 0 Å². The SMILES string of the molecule is CO[Si](CCC(F)(F)F)(OC)OC.CO[Si](OC)(OC)c1ccccc1Cl. The van der Waals surface area contributed by atoms with Crippen LogP contribution in [0.2, 0.25) is 11.1 Å². The van der Waals surface area contributed by atoms with Gasteiger partial charge in [0.25, 0.3) is 0 Å². The Kier molecular flexibility index (Phi) is 11.9. The molecule has 0 aromatic heterocycles. The summed E-state index contributed by atoms with van der Waals surface area (Å²) in [6.07, 6.45) is -5.15. The molecule has 0 radical (unpaired) electrons. The van der Waals surface area contributed by atoms with Crippen LogP contribution in [0.15, 0.2) is 24.3 Å². The van der Waals surface area contributed by atoms with Gasteiger partial charge in [0.2, 0.25) is 0 Å². The fraction of sp³-hybridized carbons (Fsp3) is 0.600. The zero-order valence-corrected chi connectivity index (χ0v) is 18.9. The quantitative estimate of drug-likeness (QED) is 0.538. The largest absolute Gasteiger partial charge is 0.537 e. The van der Waals surface area contributed by atoms with Crippen molar-refractivity contribution in [2.45, 2.75) is 18.6 Å². The van der Waals surface area contributed by atoms with E-state index in [1.54, 1.807) is 27.4 Å². The molecule has 0 amide bonds. The third-order valence-electron chi connectivity index (χ3n) is 3.66. The maximum absolute atomic E-state index is 11.9. The molecule has 0 saturated heterocycles. The number of rotatable bonds is 9. The Morgan fingerprint density at radius 2 is 1.26 bits per heavy atom. The summed E-state index contributed by atoms with van der Waals surface area (Å²) in [5.41, 5.74) is 0. The summed E-state index contributed by atoms with van der Waals surface area (Å²) in [6, 6.07) is 7.12. The third kappa shape index (κ3) is 8.17. The molecule has 12 heteroatoms. The van der Waals surface area contributed by atoms with Crippen LogP contribution in [0.1, 0.15) is 6.42 Å². The molecule has 27 heavy (non-hydrogen) atoms. The predicted molar refractivity (Wildman–Crippen MR) is 100 cm³/mol. The number of benzene rings is 1. The highest BCUT2D eigenvalue weighted by atomic mass is 35.5. The lowest BCUT2D eigenvalue weighted by atomic mass is 10.4. The molecule has 0 unspecified atom stereocenters. The summed E-state index contributed by atoms with van der Waals surface area (Å²) in [5, 5.41) is 1.39. The van der Waals surface area contributed by atoms with Crippen molar-refractivity contribution in [1.29, 1.82) is 0 Å². The van der Waals surface area contributed by atoms with Gasteiger partial charge in [-0.25, -0.2) is 0 Å². The molecule has 0 aliphatic carbocycles. The molecule has 1 rings (SSSR count). The minimum Gasteiger partial charge on any atom is -0.377 e. The van der Waals surface area contributed by atoms with Gasteiger partial charge in [0, 0.05) is 65.3 Å². The summed E-state index contributed by atoms with van der Waals surface area (Å²) in [5.74, 6) is 0. The molecule has 0 aliphatic rings. The first kappa shape index (κ1) is 26.5.